The molecule has 14 heavy (non-hydrogen) atoms. The van der Waals surface area contributed by atoms with Crippen molar-refractivity contribution in [1.29, 1.82) is 0 Å². The highest BCUT2D eigenvalue weighted by Crippen LogP contribution is 2.25. The lowest BCUT2D eigenvalue weighted by Gasteiger charge is -2.11. The zero-order chi connectivity index (χ0) is 10.3. The number of oxazole rings is 1. The Morgan fingerprint density at radius 3 is 2.64 bits per heavy atom. The van der Waals surface area contributed by atoms with Crippen LogP contribution in [-0.4, -0.2) is 4.98 Å². The van der Waals surface area contributed by atoms with Crippen LogP contribution in [0, 0.1) is 5.82 Å². The number of halogens is 1. The first-order valence-electron chi connectivity index (χ1n) is 4.53. The molecule has 0 N–H and O–H groups in total. The third kappa shape index (κ3) is 1.50. The Balaban J connectivity index is 2.63. The van der Waals surface area contributed by atoms with E-state index in [0.717, 1.165) is 0 Å². The number of hydrogen-bond donors (Lipinski definition) is 0. The molecule has 0 saturated heterocycles. The minimum Gasteiger partial charge on any atom is -0.440 e. The van der Waals surface area contributed by atoms with Gasteiger partial charge in [-0.3, -0.25) is 0 Å². The van der Waals surface area contributed by atoms with E-state index in [1.165, 1.54) is 12.1 Å². The minimum atomic E-state index is -0.286. The molecule has 0 aliphatic carbocycles. The van der Waals surface area contributed by atoms with Gasteiger partial charge in [0.15, 0.2) is 5.58 Å². The number of benzene rings is 1. The van der Waals surface area contributed by atoms with E-state index >= 15 is 0 Å². The Bertz CT molecular complexity index is 468. The summed E-state index contributed by atoms with van der Waals surface area (Å²) in [5, 5.41) is 0. The molecular formula is C11H12FNO. The summed E-state index contributed by atoms with van der Waals surface area (Å²) in [6.45, 7) is 6.02. The van der Waals surface area contributed by atoms with Crippen LogP contribution < -0.4 is 0 Å². The number of fused-ring (bicyclic) bond motifs is 1. The fourth-order valence-electron chi connectivity index (χ4n) is 1.22. The van der Waals surface area contributed by atoms with Gasteiger partial charge in [0.05, 0.1) is 0 Å². The number of aromatic nitrogens is 1. The van der Waals surface area contributed by atoms with Crippen molar-refractivity contribution >= 4 is 11.1 Å². The van der Waals surface area contributed by atoms with E-state index in [0.29, 0.717) is 17.0 Å². The van der Waals surface area contributed by atoms with E-state index in [-0.39, 0.29) is 11.2 Å². The minimum absolute atomic E-state index is 0.143. The van der Waals surface area contributed by atoms with Crippen LogP contribution in [0.2, 0.25) is 0 Å². The second-order valence-electron chi connectivity index (χ2n) is 4.38. The summed E-state index contributed by atoms with van der Waals surface area (Å²) in [6.07, 6.45) is 0. The van der Waals surface area contributed by atoms with Gasteiger partial charge in [0, 0.05) is 11.5 Å². The standard InChI is InChI=1S/C11H12FNO/c1-11(2,3)10-13-8-6-7(12)4-5-9(8)14-10/h4-6H,1-3H3. The van der Waals surface area contributed by atoms with Crippen LogP contribution in [0.5, 0.6) is 0 Å². The van der Waals surface area contributed by atoms with Gasteiger partial charge in [0.2, 0.25) is 5.89 Å². The third-order valence-corrected chi connectivity index (χ3v) is 1.99. The summed E-state index contributed by atoms with van der Waals surface area (Å²) in [5.74, 6) is 0.351. The van der Waals surface area contributed by atoms with Crippen LogP contribution >= 0.6 is 0 Å². The average Bonchev–Trinajstić information content (AvgIpc) is 2.45. The van der Waals surface area contributed by atoms with Gasteiger partial charge < -0.3 is 4.42 Å². The first-order chi connectivity index (χ1) is 6.47. The van der Waals surface area contributed by atoms with Crippen LogP contribution in [-0.2, 0) is 5.41 Å². The van der Waals surface area contributed by atoms with Crippen LogP contribution in [0.4, 0.5) is 4.39 Å². The van der Waals surface area contributed by atoms with Gasteiger partial charge in [-0.2, -0.15) is 0 Å². The summed E-state index contributed by atoms with van der Waals surface area (Å²) in [5.41, 5.74) is 1.07. The SMILES string of the molecule is CC(C)(C)c1nc2cc(F)ccc2o1. The molecule has 0 saturated carbocycles. The van der Waals surface area contributed by atoms with Crippen molar-refractivity contribution in [3.8, 4) is 0 Å². The van der Waals surface area contributed by atoms with Gasteiger partial charge in [-0.05, 0) is 12.1 Å². The van der Waals surface area contributed by atoms with Crippen molar-refractivity contribution in [3.05, 3.63) is 29.9 Å². The predicted octanol–water partition coefficient (Wildman–Crippen LogP) is 3.26. The van der Waals surface area contributed by atoms with Crippen molar-refractivity contribution in [2.75, 3.05) is 0 Å². The van der Waals surface area contributed by atoms with E-state index in [4.69, 9.17) is 4.42 Å². The van der Waals surface area contributed by atoms with Crippen LogP contribution in [0.15, 0.2) is 22.6 Å². The molecule has 1 aromatic heterocycles. The Kier molecular flexibility index (Phi) is 1.84. The quantitative estimate of drug-likeness (QED) is 0.641. The first-order valence-corrected chi connectivity index (χ1v) is 4.53. The van der Waals surface area contributed by atoms with E-state index in [1.54, 1.807) is 6.07 Å². The second-order valence-corrected chi connectivity index (χ2v) is 4.38. The maximum Gasteiger partial charge on any atom is 0.200 e. The van der Waals surface area contributed by atoms with E-state index in [1.807, 2.05) is 20.8 Å². The fourth-order valence-corrected chi connectivity index (χ4v) is 1.22. The molecule has 74 valence electrons. The topological polar surface area (TPSA) is 26.0 Å². The summed E-state index contributed by atoms with van der Waals surface area (Å²) in [7, 11) is 0. The van der Waals surface area contributed by atoms with Crippen LogP contribution in [0.25, 0.3) is 11.1 Å². The van der Waals surface area contributed by atoms with Crippen LogP contribution in [0.1, 0.15) is 26.7 Å². The van der Waals surface area contributed by atoms with Crippen molar-refractivity contribution in [3.63, 3.8) is 0 Å². The molecule has 2 rings (SSSR count). The molecule has 0 radical (unpaired) electrons. The summed E-state index contributed by atoms with van der Waals surface area (Å²) in [6, 6.07) is 4.36. The summed E-state index contributed by atoms with van der Waals surface area (Å²) < 4.78 is 18.4. The molecule has 0 bridgehead atoms. The lowest BCUT2D eigenvalue weighted by Crippen LogP contribution is -2.10. The molecule has 0 spiro atoms. The van der Waals surface area contributed by atoms with Crippen molar-refractivity contribution in [2.24, 2.45) is 0 Å². The molecule has 2 nitrogen and oxygen atoms in total. The zero-order valence-corrected chi connectivity index (χ0v) is 8.47. The summed E-state index contributed by atoms with van der Waals surface area (Å²) in [4.78, 5) is 4.24. The van der Waals surface area contributed by atoms with Gasteiger partial charge in [-0.15, -0.1) is 0 Å². The lowest BCUT2D eigenvalue weighted by atomic mass is 9.97. The molecule has 0 aliphatic heterocycles. The molecular weight excluding hydrogens is 181 g/mol. The van der Waals surface area contributed by atoms with E-state index < -0.39 is 0 Å². The molecule has 1 aromatic carbocycles. The highest BCUT2D eigenvalue weighted by molar-refractivity contribution is 5.72. The molecule has 0 atom stereocenters. The van der Waals surface area contributed by atoms with Crippen molar-refractivity contribution in [2.45, 2.75) is 26.2 Å². The van der Waals surface area contributed by atoms with Gasteiger partial charge in [0.25, 0.3) is 0 Å². The van der Waals surface area contributed by atoms with Gasteiger partial charge in [-0.1, -0.05) is 20.8 Å². The number of rotatable bonds is 0. The van der Waals surface area contributed by atoms with Gasteiger partial charge >= 0.3 is 0 Å². The van der Waals surface area contributed by atoms with E-state index in [2.05, 4.69) is 4.98 Å². The van der Waals surface area contributed by atoms with Crippen LogP contribution in [0.3, 0.4) is 0 Å². The first kappa shape index (κ1) is 9.19. The van der Waals surface area contributed by atoms with Gasteiger partial charge in [0.1, 0.15) is 11.3 Å². The number of hydrogen-bond acceptors (Lipinski definition) is 2. The molecule has 0 aliphatic rings. The second kappa shape index (κ2) is 2.80. The Morgan fingerprint density at radius 2 is 2.00 bits per heavy atom. The molecule has 0 amide bonds. The fraction of sp³-hybridized carbons (Fsp3) is 0.364. The molecule has 0 unspecified atom stereocenters. The molecule has 2 aromatic rings. The Labute approximate surface area is 81.8 Å². The normalized spacial score (nSPS) is 12.3. The Morgan fingerprint density at radius 1 is 1.29 bits per heavy atom. The Hall–Kier alpha value is -1.38. The number of nitrogens with zero attached hydrogens (tertiary/aromatic N) is 1. The van der Waals surface area contributed by atoms with Crippen molar-refractivity contribution < 1.29 is 8.81 Å². The highest BCUT2D eigenvalue weighted by atomic mass is 19.1. The predicted molar refractivity (Wildman–Crippen MR) is 52.7 cm³/mol. The zero-order valence-electron chi connectivity index (χ0n) is 8.47. The molecule has 0 fully saturated rings. The van der Waals surface area contributed by atoms with E-state index in [9.17, 15) is 4.39 Å². The monoisotopic (exact) mass is 193 g/mol. The maximum absolute atomic E-state index is 12.9. The smallest absolute Gasteiger partial charge is 0.200 e. The van der Waals surface area contributed by atoms with Crippen molar-refractivity contribution in [1.82, 2.24) is 4.98 Å². The summed E-state index contributed by atoms with van der Waals surface area (Å²) >= 11 is 0. The molecule has 1 heterocycles. The largest absolute Gasteiger partial charge is 0.440 e. The third-order valence-electron chi connectivity index (χ3n) is 1.99. The van der Waals surface area contributed by atoms with Gasteiger partial charge in [-0.25, -0.2) is 9.37 Å². The maximum atomic E-state index is 12.9. The lowest BCUT2D eigenvalue weighted by molar-refractivity contribution is 0.411. The average molecular weight is 193 g/mol. The highest BCUT2D eigenvalue weighted by Gasteiger charge is 2.20. The molecule has 3 heteroatoms.